The molecule has 2 aromatic rings. The smallest absolute Gasteiger partial charge is 0.262 e. The summed E-state index contributed by atoms with van der Waals surface area (Å²) < 4.78 is 6.05. The number of aromatic nitrogens is 2. The molecule has 6 heteroatoms. The molecule has 1 aliphatic rings. The van der Waals surface area contributed by atoms with E-state index in [1.54, 1.807) is 6.07 Å². The average molecular weight is 351 g/mol. The lowest BCUT2D eigenvalue weighted by molar-refractivity contribution is 0.185. The van der Waals surface area contributed by atoms with E-state index < -0.39 is 0 Å². The van der Waals surface area contributed by atoms with Crippen LogP contribution in [-0.4, -0.2) is 28.3 Å². The van der Waals surface area contributed by atoms with E-state index in [0.29, 0.717) is 30.3 Å². The maximum Gasteiger partial charge on any atom is 0.262 e. The Bertz CT molecular complexity index is 708. The molecule has 5 nitrogen and oxygen atoms in total. The largest absolute Gasteiger partial charge is 0.493 e. The maximum absolute atomic E-state index is 12.3. The number of hydrogen-bond acceptors (Lipinski definition) is 4. The van der Waals surface area contributed by atoms with Crippen molar-refractivity contribution < 1.29 is 9.84 Å². The summed E-state index contributed by atoms with van der Waals surface area (Å²) in [6.07, 6.45) is 1.56. The van der Waals surface area contributed by atoms with Crippen LogP contribution in [-0.2, 0) is 11.2 Å². The first-order valence-corrected chi connectivity index (χ1v) is 7.59. The summed E-state index contributed by atoms with van der Waals surface area (Å²) in [5, 5.41) is 10.1. The van der Waals surface area contributed by atoms with Crippen molar-refractivity contribution in [3.05, 3.63) is 44.9 Å². The summed E-state index contributed by atoms with van der Waals surface area (Å²) in [5.74, 6) is 0.616. The molecule has 1 aliphatic heterocycles. The normalized spacial score (nSPS) is 18.0. The van der Waals surface area contributed by atoms with E-state index in [0.717, 1.165) is 17.5 Å². The van der Waals surface area contributed by atoms with Gasteiger partial charge in [0, 0.05) is 29.7 Å². The van der Waals surface area contributed by atoms with Crippen LogP contribution < -0.4 is 5.56 Å². The van der Waals surface area contributed by atoms with Crippen LogP contribution in [0, 0.1) is 5.92 Å². The van der Waals surface area contributed by atoms with Crippen LogP contribution in [0.15, 0.2) is 33.5 Å². The molecule has 21 heavy (non-hydrogen) atoms. The number of nitrogens with zero attached hydrogens (tertiary/aromatic N) is 1. The molecule has 0 radical (unpaired) electrons. The Morgan fingerprint density at radius 3 is 2.90 bits per heavy atom. The van der Waals surface area contributed by atoms with E-state index in [1.165, 1.54) is 0 Å². The fourth-order valence-corrected chi connectivity index (χ4v) is 3.01. The first-order chi connectivity index (χ1) is 10.1. The number of aromatic hydroxyl groups is 1. The molecule has 2 heterocycles. The first kappa shape index (κ1) is 14.3. The van der Waals surface area contributed by atoms with Gasteiger partial charge in [0.1, 0.15) is 11.4 Å². The number of aromatic amines is 1. The van der Waals surface area contributed by atoms with E-state index in [9.17, 15) is 9.90 Å². The van der Waals surface area contributed by atoms with Crippen LogP contribution >= 0.6 is 15.9 Å². The summed E-state index contributed by atoms with van der Waals surface area (Å²) in [7, 11) is 0. The standard InChI is InChI=1S/C15H15BrN2O3/c16-11-4-2-1-3-10(11)13-14(19)17-12(18-15(13)20)7-9-5-6-21-8-9/h1-4,9H,5-8H2,(H2,17,18,19,20). The second-order valence-corrected chi connectivity index (χ2v) is 5.98. The van der Waals surface area contributed by atoms with Crippen LogP contribution in [0.2, 0.25) is 0 Å². The third kappa shape index (κ3) is 3.01. The highest BCUT2D eigenvalue weighted by Gasteiger charge is 2.20. The Hall–Kier alpha value is -1.66. The van der Waals surface area contributed by atoms with Gasteiger partial charge in [-0.15, -0.1) is 0 Å². The van der Waals surface area contributed by atoms with Gasteiger partial charge in [-0.1, -0.05) is 34.1 Å². The SMILES string of the molecule is O=c1[nH]c(CC2CCOC2)nc(O)c1-c1ccccc1Br. The molecule has 1 aromatic heterocycles. The second kappa shape index (κ2) is 5.99. The van der Waals surface area contributed by atoms with Gasteiger partial charge in [0.15, 0.2) is 0 Å². The fraction of sp³-hybridized carbons (Fsp3) is 0.333. The summed E-state index contributed by atoms with van der Waals surface area (Å²) in [4.78, 5) is 19.2. The molecule has 1 atom stereocenters. The van der Waals surface area contributed by atoms with Crippen molar-refractivity contribution in [3.63, 3.8) is 0 Å². The quantitative estimate of drug-likeness (QED) is 0.891. The zero-order chi connectivity index (χ0) is 14.8. The summed E-state index contributed by atoms with van der Waals surface area (Å²) in [6, 6.07) is 7.24. The van der Waals surface area contributed by atoms with Crippen molar-refractivity contribution in [1.29, 1.82) is 0 Å². The van der Waals surface area contributed by atoms with E-state index in [4.69, 9.17) is 4.74 Å². The lowest BCUT2D eigenvalue weighted by atomic mass is 10.0. The van der Waals surface area contributed by atoms with Crippen molar-refractivity contribution in [3.8, 4) is 17.0 Å². The van der Waals surface area contributed by atoms with E-state index in [1.807, 2.05) is 18.2 Å². The Morgan fingerprint density at radius 2 is 2.24 bits per heavy atom. The van der Waals surface area contributed by atoms with Crippen LogP contribution in [0.3, 0.4) is 0 Å². The van der Waals surface area contributed by atoms with Gasteiger partial charge in [-0.2, -0.15) is 4.98 Å². The molecule has 1 aromatic carbocycles. The summed E-state index contributed by atoms with van der Waals surface area (Å²) in [5.41, 5.74) is 0.483. The maximum atomic E-state index is 12.3. The number of hydrogen-bond donors (Lipinski definition) is 2. The predicted octanol–water partition coefficient (Wildman–Crippen LogP) is 2.48. The van der Waals surface area contributed by atoms with E-state index >= 15 is 0 Å². The van der Waals surface area contributed by atoms with E-state index in [2.05, 4.69) is 25.9 Å². The molecule has 0 saturated carbocycles. The lowest BCUT2D eigenvalue weighted by Gasteiger charge is -2.10. The van der Waals surface area contributed by atoms with Crippen LogP contribution in [0.25, 0.3) is 11.1 Å². The van der Waals surface area contributed by atoms with Gasteiger partial charge in [0.25, 0.3) is 5.56 Å². The molecule has 0 amide bonds. The highest BCUT2D eigenvalue weighted by atomic mass is 79.9. The monoisotopic (exact) mass is 350 g/mol. The molecular weight excluding hydrogens is 336 g/mol. The van der Waals surface area contributed by atoms with Crippen LogP contribution in [0.5, 0.6) is 5.88 Å². The van der Waals surface area contributed by atoms with Gasteiger partial charge >= 0.3 is 0 Å². The molecule has 0 spiro atoms. The third-order valence-electron chi connectivity index (χ3n) is 3.60. The summed E-state index contributed by atoms with van der Waals surface area (Å²) in [6.45, 7) is 1.42. The minimum Gasteiger partial charge on any atom is -0.493 e. The number of nitrogens with one attached hydrogen (secondary N) is 1. The van der Waals surface area contributed by atoms with Crippen molar-refractivity contribution in [2.24, 2.45) is 5.92 Å². The van der Waals surface area contributed by atoms with Crippen molar-refractivity contribution in [2.45, 2.75) is 12.8 Å². The molecule has 2 N–H and O–H groups in total. The molecule has 110 valence electrons. The highest BCUT2D eigenvalue weighted by Crippen LogP contribution is 2.30. The van der Waals surface area contributed by atoms with E-state index in [-0.39, 0.29) is 17.0 Å². The fourth-order valence-electron chi connectivity index (χ4n) is 2.53. The summed E-state index contributed by atoms with van der Waals surface area (Å²) >= 11 is 3.38. The number of rotatable bonds is 3. The van der Waals surface area contributed by atoms with Crippen molar-refractivity contribution in [2.75, 3.05) is 13.2 Å². The Balaban J connectivity index is 1.97. The van der Waals surface area contributed by atoms with Gasteiger partial charge in [-0.25, -0.2) is 0 Å². The first-order valence-electron chi connectivity index (χ1n) is 6.80. The molecule has 1 saturated heterocycles. The van der Waals surface area contributed by atoms with Crippen molar-refractivity contribution >= 4 is 15.9 Å². The van der Waals surface area contributed by atoms with Gasteiger partial charge in [-0.05, 0) is 18.4 Å². The highest BCUT2D eigenvalue weighted by molar-refractivity contribution is 9.10. The van der Waals surface area contributed by atoms with Gasteiger partial charge in [0.2, 0.25) is 5.88 Å². The Labute approximate surface area is 130 Å². The minimum absolute atomic E-state index is 0.189. The second-order valence-electron chi connectivity index (χ2n) is 5.12. The van der Waals surface area contributed by atoms with Crippen molar-refractivity contribution in [1.82, 2.24) is 9.97 Å². The number of halogens is 1. The molecule has 1 unspecified atom stereocenters. The molecular formula is C15H15BrN2O3. The van der Waals surface area contributed by atoms with Gasteiger partial charge < -0.3 is 14.8 Å². The number of H-pyrrole nitrogens is 1. The number of benzene rings is 1. The molecule has 1 fully saturated rings. The number of ether oxygens (including phenoxy) is 1. The third-order valence-corrected chi connectivity index (χ3v) is 4.29. The lowest BCUT2D eigenvalue weighted by Crippen LogP contribution is -2.17. The molecule has 0 bridgehead atoms. The molecule has 3 rings (SSSR count). The van der Waals surface area contributed by atoms with Crippen LogP contribution in [0.1, 0.15) is 12.2 Å². The Kier molecular flexibility index (Phi) is 4.07. The minimum atomic E-state index is -0.330. The topological polar surface area (TPSA) is 75.2 Å². The zero-order valence-corrected chi connectivity index (χ0v) is 12.9. The Morgan fingerprint density at radius 1 is 1.43 bits per heavy atom. The van der Waals surface area contributed by atoms with Gasteiger partial charge in [-0.3, -0.25) is 4.79 Å². The predicted molar refractivity (Wildman–Crippen MR) is 82.3 cm³/mol. The van der Waals surface area contributed by atoms with Gasteiger partial charge in [0.05, 0.1) is 0 Å². The zero-order valence-electron chi connectivity index (χ0n) is 11.3. The molecule has 0 aliphatic carbocycles. The average Bonchev–Trinajstić information content (AvgIpc) is 2.93. The van der Waals surface area contributed by atoms with Crippen LogP contribution in [0.4, 0.5) is 0 Å².